The maximum absolute atomic E-state index is 12.0. The van der Waals surface area contributed by atoms with E-state index in [2.05, 4.69) is 50.5 Å². The van der Waals surface area contributed by atoms with Gasteiger partial charge in [-0.2, -0.15) is 0 Å². The molecule has 0 bridgehead atoms. The zero-order valence-corrected chi connectivity index (χ0v) is 14.4. The second-order valence-electron chi connectivity index (χ2n) is 5.26. The maximum Gasteiger partial charge on any atom is 0.261 e. The van der Waals surface area contributed by atoms with Crippen LogP contribution in [0.3, 0.4) is 0 Å². The van der Waals surface area contributed by atoms with Crippen LogP contribution in [0.5, 0.6) is 0 Å². The molecular formula is C16H23BrF2O. The van der Waals surface area contributed by atoms with E-state index in [1.54, 1.807) is 0 Å². The Morgan fingerprint density at radius 1 is 0.900 bits per heavy atom. The number of benzene rings is 1. The quantitative estimate of drug-likeness (QED) is 0.498. The fourth-order valence-corrected chi connectivity index (χ4v) is 3.38. The summed E-state index contributed by atoms with van der Waals surface area (Å²) in [5.41, 5.74) is 7.77. The summed E-state index contributed by atoms with van der Waals surface area (Å²) >= 11 is 3.68. The van der Waals surface area contributed by atoms with Crippen molar-refractivity contribution in [3.8, 4) is 0 Å². The Morgan fingerprint density at radius 3 is 1.80 bits per heavy atom. The highest BCUT2D eigenvalue weighted by atomic mass is 79.9. The van der Waals surface area contributed by atoms with Gasteiger partial charge in [0.1, 0.15) is 6.61 Å². The Labute approximate surface area is 128 Å². The molecule has 1 atom stereocenters. The molecule has 0 heterocycles. The van der Waals surface area contributed by atoms with Crippen molar-refractivity contribution in [1.29, 1.82) is 0 Å². The average Bonchev–Trinajstić information content (AvgIpc) is 2.39. The molecule has 0 N–H and O–H groups in total. The van der Waals surface area contributed by atoms with Gasteiger partial charge in [-0.1, -0.05) is 15.9 Å². The maximum atomic E-state index is 12.0. The first-order valence-corrected chi connectivity index (χ1v) is 7.75. The molecule has 1 aromatic carbocycles. The Bertz CT molecular complexity index is 443. The monoisotopic (exact) mass is 348 g/mol. The summed E-state index contributed by atoms with van der Waals surface area (Å²) in [6.07, 6.45) is -1.70. The summed E-state index contributed by atoms with van der Waals surface area (Å²) in [4.78, 5) is 0.137. The predicted molar refractivity (Wildman–Crippen MR) is 83.2 cm³/mol. The number of rotatable bonds is 6. The van der Waals surface area contributed by atoms with Crippen molar-refractivity contribution in [2.75, 3.05) is 13.2 Å². The van der Waals surface area contributed by atoms with Gasteiger partial charge >= 0.3 is 0 Å². The third-order valence-corrected chi connectivity index (χ3v) is 5.05. The van der Waals surface area contributed by atoms with Gasteiger partial charge in [-0.05, 0) is 74.4 Å². The van der Waals surface area contributed by atoms with Gasteiger partial charge in [0.05, 0.1) is 0 Å². The first kappa shape index (κ1) is 17.6. The molecular weight excluding hydrogens is 326 g/mol. The average molecular weight is 349 g/mol. The SMILES string of the molecule is Cc1c(C)c(C)c(C(Br)CCOCC(F)F)c(C)c1C. The normalized spacial score (nSPS) is 13.1. The van der Waals surface area contributed by atoms with Crippen molar-refractivity contribution in [2.45, 2.75) is 52.3 Å². The molecule has 1 rings (SSSR count). The molecule has 0 aliphatic rings. The van der Waals surface area contributed by atoms with Crippen LogP contribution in [0.25, 0.3) is 0 Å². The summed E-state index contributed by atoms with van der Waals surface area (Å²) in [6.45, 7) is 10.5. The Hall–Kier alpha value is -0.480. The lowest BCUT2D eigenvalue weighted by Crippen LogP contribution is -2.09. The Kier molecular flexibility index (Phi) is 6.59. The van der Waals surface area contributed by atoms with E-state index < -0.39 is 13.0 Å². The summed E-state index contributed by atoms with van der Waals surface area (Å²) in [7, 11) is 0. The number of alkyl halides is 3. The van der Waals surface area contributed by atoms with E-state index >= 15 is 0 Å². The molecule has 1 aromatic rings. The first-order chi connectivity index (χ1) is 9.27. The summed E-state index contributed by atoms with van der Waals surface area (Å²) in [6, 6.07) is 0. The zero-order chi connectivity index (χ0) is 15.4. The minimum Gasteiger partial charge on any atom is -0.375 e. The lowest BCUT2D eigenvalue weighted by molar-refractivity contribution is 0.0167. The molecule has 0 saturated carbocycles. The van der Waals surface area contributed by atoms with Crippen LogP contribution in [-0.2, 0) is 4.74 Å². The van der Waals surface area contributed by atoms with E-state index in [-0.39, 0.29) is 4.83 Å². The highest BCUT2D eigenvalue weighted by Gasteiger charge is 2.18. The molecule has 1 nitrogen and oxygen atoms in total. The largest absolute Gasteiger partial charge is 0.375 e. The molecule has 0 aromatic heterocycles. The van der Waals surface area contributed by atoms with Gasteiger partial charge in [0.2, 0.25) is 0 Å². The summed E-state index contributed by atoms with van der Waals surface area (Å²) < 4.78 is 29.0. The lowest BCUT2D eigenvalue weighted by atomic mass is 9.87. The van der Waals surface area contributed by atoms with Crippen LogP contribution in [0, 0.1) is 34.6 Å². The van der Waals surface area contributed by atoms with Gasteiger partial charge in [0.15, 0.2) is 0 Å². The van der Waals surface area contributed by atoms with E-state index in [9.17, 15) is 8.78 Å². The summed E-state index contributed by atoms with van der Waals surface area (Å²) in [5, 5.41) is 0. The van der Waals surface area contributed by atoms with Gasteiger partial charge in [-0.25, -0.2) is 8.78 Å². The van der Waals surface area contributed by atoms with Crippen molar-refractivity contribution >= 4 is 15.9 Å². The van der Waals surface area contributed by atoms with Crippen LogP contribution in [0.1, 0.15) is 44.6 Å². The molecule has 0 radical (unpaired) electrons. The molecule has 114 valence electrons. The first-order valence-electron chi connectivity index (χ1n) is 6.84. The van der Waals surface area contributed by atoms with Crippen LogP contribution in [0.2, 0.25) is 0 Å². The van der Waals surface area contributed by atoms with Gasteiger partial charge < -0.3 is 4.74 Å². The lowest BCUT2D eigenvalue weighted by Gasteiger charge is -2.22. The predicted octanol–water partition coefficient (Wildman–Crippen LogP) is 5.34. The van der Waals surface area contributed by atoms with Crippen molar-refractivity contribution in [1.82, 2.24) is 0 Å². The van der Waals surface area contributed by atoms with E-state index in [0.29, 0.717) is 13.0 Å². The number of hydrogen-bond donors (Lipinski definition) is 0. The molecule has 0 saturated heterocycles. The highest BCUT2D eigenvalue weighted by Crippen LogP contribution is 2.36. The third-order valence-electron chi connectivity index (χ3n) is 4.13. The molecule has 0 amide bonds. The van der Waals surface area contributed by atoms with Gasteiger partial charge in [0, 0.05) is 11.4 Å². The van der Waals surface area contributed by atoms with Crippen molar-refractivity contribution < 1.29 is 13.5 Å². The second kappa shape index (κ2) is 7.51. The second-order valence-corrected chi connectivity index (χ2v) is 6.37. The molecule has 20 heavy (non-hydrogen) atoms. The molecule has 0 aliphatic carbocycles. The minimum absolute atomic E-state index is 0.137. The van der Waals surface area contributed by atoms with Crippen LogP contribution < -0.4 is 0 Å². The van der Waals surface area contributed by atoms with Crippen molar-refractivity contribution in [2.24, 2.45) is 0 Å². The fraction of sp³-hybridized carbons (Fsp3) is 0.625. The number of halogens is 3. The molecule has 0 spiro atoms. The van der Waals surface area contributed by atoms with Crippen molar-refractivity contribution in [3.63, 3.8) is 0 Å². The standard InChI is InChI=1S/C16H23BrF2O/c1-9-10(2)12(4)16(13(5)11(9)3)14(17)6-7-20-8-15(18)19/h14-15H,6-8H2,1-5H3. The molecule has 4 heteroatoms. The Balaban J connectivity index is 2.85. The van der Waals surface area contributed by atoms with Crippen LogP contribution in [0.15, 0.2) is 0 Å². The van der Waals surface area contributed by atoms with Crippen molar-refractivity contribution in [3.05, 3.63) is 33.4 Å². The van der Waals surface area contributed by atoms with E-state index in [1.807, 2.05) is 0 Å². The van der Waals surface area contributed by atoms with Gasteiger partial charge in [-0.15, -0.1) is 0 Å². The van der Waals surface area contributed by atoms with Gasteiger partial charge in [0.25, 0.3) is 6.43 Å². The number of hydrogen-bond acceptors (Lipinski definition) is 1. The topological polar surface area (TPSA) is 9.23 Å². The zero-order valence-electron chi connectivity index (χ0n) is 12.8. The van der Waals surface area contributed by atoms with E-state index in [0.717, 1.165) is 0 Å². The van der Waals surface area contributed by atoms with E-state index in [1.165, 1.54) is 33.4 Å². The van der Waals surface area contributed by atoms with Gasteiger partial charge in [-0.3, -0.25) is 0 Å². The highest BCUT2D eigenvalue weighted by molar-refractivity contribution is 9.09. The minimum atomic E-state index is -2.39. The Morgan fingerprint density at radius 2 is 1.35 bits per heavy atom. The molecule has 0 fully saturated rings. The van der Waals surface area contributed by atoms with Crippen LogP contribution in [0.4, 0.5) is 8.78 Å². The third kappa shape index (κ3) is 4.01. The fourth-order valence-electron chi connectivity index (χ4n) is 2.50. The summed E-state index contributed by atoms with van der Waals surface area (Å²) in [5.74, 6) is 0. The van der Waals surface area contributed by atoms with Crippen LogP contribution >= 0.6 is 15.9 Å². The van der Waals surface area contributed by atoms with Crippen LogP contribution in [-0.4, -0.2) is 19.6 Å². The molecule has 0 aliphatic heterocycles. The smallest absolute Gasteiger partial charge is 0.261 e. The van der Waals surface area contributed by atoms with E-state index in [4.69, 9.17) is 4.74 Å². The number of ether oxygens (including phenoxy) is 1. The molecule has 1 unspecified atom stereocenters.